The molecule has 0 aromatic heterocycles. The van der Waals surface area contributed by atoms with Gasteiger partial charge in [0.25, 0.3) is 0 Å². The first-order chi connectivity index (χ1) is 31.7. The van der Waals surface area contributed by atoms with E-state index in [-0.39, 0.29) is 85.9 Å². The fourth-order valence-electron chi connectivity index (χ4n) is 9.84. The summed E-state index contributed by atoms with van der Waals surface area (Å²) in [5.74, 6) is -13.2. The van der Waals surface area contributed by atoms with Crippen molar-refractivity contribution in [2.75, 3.05) is 6.61 Å². The summed E-state index contributed by atoms with van der Waals surface area (Å²) in [5.41, 5.74) is 0.963. The van der Waals surface area contributed by atoms with Gasteiger partial charge in [-0.05, 0) is 75.7 Å². The number of halogens is 4. The van der Waals surface area contributed by atoms with Gasteiger partial charge < -0.3 is 34.3 Å². The third kappa shape index (κ3) is 18.1. The maximum Gasteiger partial charge on any atom is 0.306 e. The zero-order valence-electron chi connectivity index (χ0n) is 40.3. The number of ether oxygens (including phenoxy) is 4. The number of benzene rings is 1. The highest BCUT2D eigenvalue weighted by Crippen LogP contribution is 2.51. The number of hydrogen-bond acceptors (Lipinski definition) is 11. The number of Topliss-reactive ketones (excluding diaryl/α,β-unsaturated/α-hetero) is 2. The number of rotatable bonds is 25. The number of hydrogen-bond donors (Lipinski definition) is 3. The van der Waals surface area contributed by atoms with Crippen molar-refractivity contribution in [3.63, 3.8) is 0 Å². The lowest BCUT2D eigenvalue weighted by Gasteiger charge is -2.43. The van der Waals surface area contributed by atoms with E-state index in [0.29, 0.717) is 70.8 Å². The number of fused-ring (bicyclic) bond motifs is 2. The van der Waals surface area contributed by atoms with Crippen molar-refractivity contribution in [3.05, 3.63) is 35.9 Å². The van der Waals surface area contributed by atoms with Crippen molar-refractivity contribution < 1.29 is 75.8 Å². The normalized spacial score (nSPS) is 26.9. The van der Waals surface area contributed by atoms with Gasteiger partial charge in [-0.1, -0.05) is 95.5 Å². The molecule has 0 bridgehead atoms. The number of esters is 2. The van der Waals surface area contributed by atoms with Gasteiger partial charge in [0.2, 0.25) is 11.6 Å². The van der Waals surface area contributed by atoms with Gasteiger partial charge in [0.15, 0.2) is 0 Å². The first-order valence-electron chi connectivity index (χ1n) is 24.9. The molecule has 2 saturated carbocycles. The first-order valence-corrected chi connectivity index (χ1v) is 24.9. The van der Waals surface area contributed by atoms with Crippen LogP contribution in [0.2, 0.25) is 0 Å². The van der Waals surface area contributed by atoms with Crippen molar-refractivity contribution in [2.45, 2.75) is 224 Å². The molecule has 67 heavy (non-hydrogen) atoms. The second-order valence-corrected chi connectivity index (χ2v) is 18.8. The molecule has 1 aromatic rings. The molecule has 2 aliphatic carbocycles. The minimum atomic E-state index is -3.31. The van der Waals surface area contributed by atoms with E-state index in [4.69, 9.17) is 19.3 Å². The SMILES string of the molecule is CCCCC(F)(F)[C@@]1(O)CC[C@@H]2C(CCCCCCC(=O)O)C(=O)C[C@H]2O1.CCCCC(F)(F)[C@@]1(O)CC[C@@H]2C(CCCCCCC(=O)OCc3ccccc3)C(=O)C[C@H]2O1.CCOC(C)=O. The monoisotopic (exact) mass is 959 g/mol. The smallest absolute Gasteiger partial charge is 0.306 e. The number of alkyl halides is 4. The Morgan fingerprint density at radius 1 is 0.672 bits per heavy atom. The Morgan fingerprint density at radius 2 is 1.12 bits per heavy atom. The lowest BCUT2D eigenvalue weighted by Crippen LogP contribution is -2.55. The molecular formula is C51H78F4O12. The highest BCUT2D eigenvalue weighted by atomic mass is 19.3. The molecule has 1 aromatic carbocycles. The number of ketones is 2. The molecule has 3 N–H and O–H groups in total. The Labute approximate surface area is 394 Å². The number of unbranched alkanes of at least 4 members (excludes halogenated alkanes) is 8. The van der Waals surface area contributed by atoms with E-state index in [1.54, 1.807) is 6.92 Å². The van der Waals surface area contributed by atoms with Crippen LogP contribution in [0.3, 0.4) is 0 Å². The maximum atomic E-state index is 14.6. The molecule has 4 aliphatic rings. The molecule has 0 amide bonds. The van der Waals surface area contributed by atoms with E-state index in [0.717, 1.165) is 50.5 Å². The molecule has 8 atom stereocenters. The van der Waals surface area contributed by atoms with Crippen LogP contribution < -0.4 is 0 Å². The van der Waals surface area contributed by atoms with Crippen molar-refractivity contribution >= 4 is 29.5 Å². The van der Waals surface area contributed by atoms with Crippen LogP contribution in [0.15, 0.2) is 30.3 Å². The predicted octanol–water partition coefficient (Wildman–Crippen LogP) is 10.8. The number of carboxylic acid groups (broad SMARTS) is 1. The van der Waals surface area contributed by atoms with E-state index < -0.39 is 54.4 Å². The molecule has 382 valence electrons. The van der Waals surface area contributed by atoms with E-state index in [1.165, 1.54) is 6.92 Å². The highest BCUT2D eigenvalue weighted by Gasteiger charge is 2.61. The van der Waals surface area contributed by atoms with Gasteiger partial charge in [-0.25, -0.2) is 17.6 Å². The fourth-order valence-corrected chi connectivity index (χ4v) is 9.84. The zero-order chi connectivity index (χ0) is 49.7. The van der Waals surface area contributed by atoms with Crippen LogP contribution in [-0.2, 0) is 49.5 Å². The Morgan fingerprint density at radius 3 is 1.52 bits per heavy atom. The van der Waals surface area contributed by atoms with Crippen LogP contribution in [0.1, 0.15) is 187 Å². The largest absolute Gasteiger partial charge is 0.481 e. The third-order valence-electron chi connectivity index (χ3n) is 13.7. The molecule has 0 radical (unpaired) electrons. The molecule has 0 spiro atoms. The fraction of sp³-hybridized carbons (Fsp3) is 0.784. The third-order valence-corrected chi connectivity index (χ3v) is 13.7. The zero-order valence-corrected chi connectivity index (χ0v) is 40.3. The highest BCUT2D eigenvalue weighted by molar-refractivity contribution is 5.85. The maximum absolute atomic E-state index is 14.6. The molecule has 5 rings (SSSR count). The first kappa shape index (κ1) is 57.8. The lowest BCUT2D eigenvalue weighted by molar-refractivity contribution is -0.356. The average Bonchev–Trinajstić information content (AvgIpc) is 3.76. The summed E-state index contributed by atoms with van der Waals surface area (Å²) in [6.07, 6.45) is 8.84. The quantitative estimate of drug-likeness (QED) is 0.0480. The number of aliphatic hydroxyl groups is 2. The molecule has 16 heteroatoms. The summed E-state index contributed by atoms with van der Waals surface area (Å²) in [6.45, 7) is 7.59. The van der Waals surface area contributed by atoms with Crippen LogP contribution in [0.4, 0.5) is 17.6 Å². The minimum Gasteiger partial charge on any atom is -0.481 e. The minimum absolute atomic E-state index is 0.0386. The van der Waals surface area contributed by atoms with Gasteiger partial charge in [0, 0.05) is 70.1 Å². The Kier molecular flexibility index (Phi) is 24.4. The summed E-state index contributed by atoms with van der Waals surface area (Å²) in [6, 6.07) is 9.56. The average molecular weight is 959 g/mol. The second kappa shape index (κ2) is 28.3. The van der Waals surface area contributed by atoms with Crippen LogP contribution >= 0.6 is 0 Å². The van der Waals surface area contributed by atoms with Gasteiger partial charge in [-0.3, -0.25) is 24.0 Å². The number of carboxylic acids is 1. The summed E-state index contributed by atoms with van der Waals surface area (Å²) < 4.78 is 78.6. The van der Waals surface area contributed by atoms with Crippen molar-refractivity contribution in [1.29, 1.82) is 0 Å². The molecule has 2 saturated heterocycles. The van der Waals surface area contributed by atoms with E-state index in [1.807, 2.05) is 44.2 Å². The molecule has 12 nitrogen and oxygen atoms in total. The van der Waals surface area contributed by atoms with Crippen molar-refractivity contribution in [3.8, 4) is 0 Å². The summed E-state index contributed by atoms with van der Waals surface area (Å²) >= 11 is 0. The van der Waals surface area contributed by atoms with Crippen molar-refractivity contribution in [1.82, 2.24) is 0 Å². The molecular weight excluding hydrogens is 881 g/mol. The second-order valence-electron chi connectivity index (χ2n) is 18.8. The number of carbonyl (C=O) groups excluding carboxylic acids is 4. The van der Waals surface area contributed by atoms with Crippen LogP contribution in [-0.4, -0.2) is 87.0 Å². The van der Waals surface area contributed by atoms with Crippen LogP contribution in [0, 0.1) is 23.7 Å². The van der Waals surface area contributed by atoms with E-state index in [2.05, 4.69) is 4.74 Å². The van der Waals surface area contributed by atoms with Crippen LogP contribution in [0.5, 0.6) is 0 Å². The molecule has 2 heterocycles. The Balaban J connectivity index is 0.000000323. The van der Waals surface area contributed by atoms with E-state index in [9.17, 15) is 51.7 Å². The molecule has 2 aliphatic heterocycles. The molecule has 2 unspecified atom stereocenters. The number of aliphatic carboxylic acids is 1. The lowest BCUT2D eigenvalue weighted by atomic mass is 9.81. The number of carbonyl (C=O) groups is 5. The predicted molar refractivity (Wildman–Crippen MR) is 242 cm³/mol. The van der Waals surface area contributed by atoms with Gasteiger partial charge in [0.1, 0.15) is 18.2 Å². The van der Waals surface area contributed by atoms with Crippen molar-refractivity contribution in [2.24, 2.45) is 23.7 Å². The summed E-state index contributed by atoms with van der Waals surface area (Å²) in [4.78, 5) is 57.1. The van der Waals surface area contributed by atoms with Gasteiger partial charge >= 0.3 is 29.8 Å². The van der Waals surface area contributed by atoms with E-state index >= 15 is 0 Å². The Bertz CT molecular complexity index is 1680. The van der Waals surface area contributed by atoms with Gasteiger partial charge in [0.05, 0.1) is 18.8 Å². The molecule has 4 fully saturated rings. The van der Waals surface area contributed by atoms with Gasteiger partial charge in [-0.2, -0.15) is 0 Å². The Hall–Kier alpha value is -3.47. The summed E-state index contributed by atoms with van der Waals surface area (Å²) in [7, 11) is 0. The summed E-state index contributed by atoms with van der Waals surface area (Å²) in [5, 5.41) is 29.6. The standard InChI is InChI=1S/C27H38F2O5.C20H32F2O5.C4H8O2/c1-2-3-16-26(28,29)27(32)17-15-22-21(23(30)18-24(22)34-27)13-9-4-5-10-14-25(31)33-19-20-11-7-6-8-12-20;1-2-3-11-19(21,22)20(26)12-10-15-14(16(23)13-17(15)27-20)8-6-4-5-7-9-18(24)25;1-3-6-4(2)5/h6-8,11-12,21-22,24,32H,2-5,9-10,13-19H2,1H3;14-15,17,26H,2-13H2,1H3,(H,24,25);3H2,1-2H3/t21?,22-,24-,27-;14?,15-,17-,20-;/m11./s1. The topological polar surface area (TPSA) is 183 Å². The van der Waals surface area contributed by atoms with Crippen LogP contribution in [0.25, 0.3) is 0 Å². The van der Waals surface area contributed by atoms with Gasteiger partial charge in [-0.15, -0.1) is 0 Å².